The van der Waals surface area contributed by atoms with Gasteiger partial charge in [-0.2, -0.15) is 24.4 Å². The number of carbonyl (C=O) groups excluding carboxylic acids is 2. The number of nitrogens with one attached hydrogen (secondary N) is 3. The van der Waals surface area contributed by atoms with E-state index in [9.17, 15) is 9.59 Å². The second-order valence-corrected chi connectivity index (χ2v) is 7.27. The molecule has 8 heteroatoms. The highest BCUT2D eigenvalue weighted by Crippen LogP contribution is 2.33. The van der Waals surface area contributed by atoms with Gasteiger partial charge < -0.3 is 20.7 Å². The minimum atomic E-state index is -0.0418. The molecule has 2 heterocycles. The largest absolute Gasteiger partial charge is 0.379 e. The van der Waals surface area contributed by atoms with Gasteiger partial charge in [0.15, 0.2) is 0 Å². The van der Waals surface area contributed by atoms with E-state index < -0.39 is 0 Å². The second-order valence-electron chi connectivity index (χ2n) is 5.55. The molecule has 0 aromatic rings. The van der Waals surface area contributed by atoms with Crippen LogP contribution in [0.1, 0.15) is 40.5 Å². The predicted octanol–water partition coefficient (Wildman–Crippen LogP) is 2.05. The van der Waals surface area contributed by atoms with Crippen LogP contribution in [0.5, 0.6) is 0 Å². The van der Waals surface area contributed by atoms with E-state index in [1.54, 1.807) is 0 Å². The van der Waals surface area contributed by atoms with Crippen LogP contribution in [0.15, 0.2) is 0 Å². The summed E-state index contributed by atoms with van der Waals surface area (Å²) in [6, 6.07) is 0.498. The van der Waals surface area contributed by atoms with Gasteiger partial charge in [-0.1, -0.05) is 21.3 Å². The first kappa shape index (κ1) is 23.4. The highest BCUT2D eigenvalue weighted by Gasteiger charge is 2.42. The molecule has 3 amide bonds. The highest BCUT2D eigenvalue weighted by molar-refractivity contribution is 8.00. The number of fused-ring (bicyclic) bond motifs is 1. The molecular weight excluding hydrogens is 346 g/mol. The molecule has 2 aliphatic heterocycles. The van der Waals surface area contributed by atoms with Gasteiger partial charge in [0.2, 0.25) is 5.91 Å². The maximum absolute atomic E-state index is 11.6. The van der Waals surface area contributed by atoms with Crippen LogP contribution < -0.4 is 16.0 Å². The third kappa shape index (κ3) is 7.53. The Morgan fingerprint density at radius 3 is 2.83 bits per heavy atom. The molecule has 3 atom stereocenters. The summed E-state index contributed by atoms with van der Waals surface area (Å²) in [6.07, 6.45) is 3.51. The minimum Gasteiger partial charge on any atom is -0.379 e. The van der Waals surface area contributed by atoms with E-state index in [0.29, 0.717) is 37.2 Å². The van der Waals surface area contributed by atoms with Crippen molar-refractivity contribution in [3.63, 3.8) is 0 Å². The number of hydrogen-bond donors (Lipinski definition) is 4. The maximum atomic E-state index is 11.6. The van der Waals surface area contributed by atoms with E-state index in [2.05, 4.69) is 28.6 Å². The Balaban J connectivity index is 0.00000264. The molecule has 2 rings (SSSR count). The number of ether oxygens (including phenoxy) is 1. The van der Waals surface area contributed by atoms with Gasteiger partial charge in [-0.05, 0) is 12.8 Å². The van der Waals surface area contributed by atoms with Crippen molar-refractivity contribution in [3.05, 3.63) is 0 Å². The summed E-state index contributed by atoms with van der Waals surface area (Å²) >= 11 is 5.96. The predicted molar refractivity (Wildman–Crippen MR) is 105 cm³/mol. The zero-order chi connectivity index (χ0) is 15.8. The van der Waals surface area contributed by atoms with Crippen LogP contribution in [-0.2, 0) is 9.53 Å². The summed E-state index contributed by atoms with van der Waals surface area (Å²) in [6.45, 7) is 1.72. The van der Waals surface area contributed by atoms with Gasteiger partial charge in [-0.25, -0.2) is 4.79 Å². The summed E-state index contributed by atoms with van der Waals surface area (Å²) in [7, 11) is 0. The third-order valence-corrected chi connectivity index (χ3v) is 5.58. The number of rotatable bonds is 10. The number of amides is 3. The zero-order valence-corrected chi connectivity index (χ0v) is 14.4. The van der Waals surface area contributed by atoms with Gasteiger partial charge in [0.25, 0.3) is 0 Å². The molecule has 0 aromatic carbocycles. The standard InChI is InChI=1S/C14H25N3O3S2.2CH4/c18-12(15-5-6-20-7-8-21)4-2-1-3-11-13-10(9-22-11)16-14(19)17-13;;/h10-11,13,21H,1-9H2,(H,15,18)(H2,16,17,19);2*1H4. The Morgan fingerprint density at radius 2 is 2.08 bits per heavy atom. The minimum absolute atomic E-state index is 0. The number of carbonyl (C=O) groups is 2. The van der Waals surface area contributed by atoms with E-state index in [1.165, 1.54) is 0 Å². The molecule has 3 unspecified atom stereocenters. The summed E-state index contributed by atoms with van der Waals surface area (Å²) in [5.41, 5.74) is 0. The first-order chi connectivity index (χ1) is 10.7. The molecular formula is C16H33N3O3S2. The molecule has 142 valence electrons. The molecule has 0 aromatic heterocycles. The maximum Gasteiger partial charge on any atom is 0.315 e. The van der Waals surface area contributed by atoms with Crippen LogP contribution in [0, 0.1) is 0 Å². The Hall–Kier alpha value is -0.600. The first-order valence-electron chi connectivity index (χ1n) is 7.84. The molecule has 0 saturated carbocycles. The average molecular weight is 380 g/mol. The normalized spacial score (nSPS) is 24.2. The van der Waals surface area contributed by atoms with E-state index in [0.717, 1.165) is 25.0 Å². The lowest BCUT2D eigenvalue weighted by Gasteiger charge is -2.16. The average Bonchev–Trinajstić information content (AvgIpc) is 3.03. The molecule has 2 aliphatic rings. The van der Waals surface area contributed by atoms with E-state index in [1.807, 2.05) is 11.8 Å². The van der Waals surface area contributed by atoms with Gasteiger partial charge in [0, 0.05) is 29.7 Å². The van der Waals surface area contributed by atoms with E-state index in [4.69, 9.17) is 4.74 Å². The van der Waals surface area contributed by atoms with Gasteiger partial charge in [0.1, 0.15) is 0 Å². The van der Waals surface area contributed by atoms with Crippen LogP contribution in [0.2, 0.25) is 0 Å². The molecule has 24 heavy (non-hydrogen) atoms. The lowest BCUT2D eigenvalue weighted by atomic mass is 10.0. The summed E-state index contributed by atoms with van der Waals surface area (Å²) in [5.74, 6) is 1.77. The van der Waals surface area contributed by atoms with Crippen LogP contribution in [0.3, 0.4) is 0 Å². The van der Waals surface area contributed by atoms with Crippen molar-refractivity contribution < 1.29 is 14.3 Å². The van der Waals surface area contributed by atoms with Gasteiger partial charge in [0.05, 0.1) is 25.3 Å². The smallest absolute Gasteiger partial charge is 0.315 e. The monoisotopic (exact) mass is 379 g/mol. The molecule has 2 fully saturated rings. The van der Waals surface area contributed by atoms with Gasteiger partial charge >= 0.3 is 6.03 Å². The Morgan fingerprint density at radius 1 is 1.29 bits per heavy atom. The van der Waals surface area contributed by atoms with Gasteiger partial charge in [-0.15, -0.1) is 0 Å². The second kappa shape index (κ2) is 12.7. The quantitative estimate of drug-likeness (QED) is 0.266. The van der Waals surface area contributed by atoms with Crippen molar-refractivity contribution in [2.45, 2.75) is 57.9 Å². The first-order valence-corrected chi connectivity index (χ1v) is 9.53. The van der Waals surface area contributed by atoms with Crippen LogP contribution in [0.4, 0.5) is 4.79 Å². The van der Waals surface area contributed by atoms with Crippen molar-refractivity contribution in [2.75, 3.05) is 31.3 Å². The topological polar surface area (TPSA) is 79.5 Å². The van der Waals surface area contributed by atoms with Crippen LogP contribution in [-0.4, -0.2) is 60.5 Å². The van der Waals surface area contributed by atoms with Crippen molar-refractivity contribution in [1.82, 2.24) is 16.0 Å². The van der Waals surface area contributed by atoms with Crippen molar-refractivity contribution in [2.24, 2.45) is 0 Å². The number of unbranched alkanes of at least 4 members (excludes halogenated alkanes) is 1. The molecule has 6 nitrogen and oxygen atoms in total. The molecule has 0 spiro atoms. The molecule has 3 N–H and O–H groups in total. The van der Waals surface area contributed by atoms with Crippen LogP contribution in [0.25, 0.3) is 0 Å². The summed E-state index contributed by atoms with van der Waals surface area (Å²) in [5, 5.41) is 9.26. The fourth-order valence-corrected chi connectivity index (χ4v) is 4.46. The van der Waals surface area contributed by atoms with E-state index in [-0.39, 0.29) is 38.9 Å². The Bertz CT molecular complexity index is 386. The van der Waals surface area contributed by atoms with Crippen LogP contribution >= 0.6 is 24.4 Å². The molecule has 0 aliphatic carbocycles. The van der Waals surface area contributed by atoms with E-state index >= 15 is 0 Å². The summed E-state index contributed by atoms with van der Waals surface area (Å²) in [4.78, 5) is 22.9. The third-order valence-electron chi connectivity index (χ3n) is 3.88. The zero-order valence-electron chi connectivity index (χ0n) is 12.7. The summed E-state index contributed by atoms with van der Waals surface area (Å²) < 4.78 is 5.24. The highest BCUT2D eigenvalue weighted by atomic mass is 32.2. The Labute approximate surface area is 156 Å². The number of thiol groups is 1. The SMILES string of the molecule is C.C.O=C(CCCCC1SCC2NC(=O)NC21)NCCOCCS. The van der Waals surface area contributed by atoms with Crippen molar-refractivity contribution in [3.8, 4) is 0 Å². The van der Waals surface area contributed by atoms with Crippen molar-refractivity contribution in [1.29, 1.82) is 0 Å². The lowest BCUT2D eigenvalue weighted by Crippen LogP contribution is -2.36. The fourth-order valence-electron chi connectivity index (χ4n) is 2.79. The van der Waals surface area contributed by atoms with Crippen molar-refractivity contribution >= 4 is 36.3 Å². The molecule has 2 saturated heterocycles. The molecule has 0 radical (unpaired) electrons. The molecule has 0 bridgehead atoms. The number of urea groups is 1. The lowest BCUT2D eigenvalue weighted by molar-refractivity contribution is -0.121. The number of thioether (sulfide) groups is 1. The van der Waals surface area contributed by atoms with Gasteiger partial charge in [-0.3, -0.25) is 4.79 Å². The number of hydrogen-bond acceptors (Lipinski definition) is 5. The fraction of sp³-hybridized carbons (Fsp3) is 0.875. The Kier molecular flexibility index (Phi) is 12.4.